The molecule has 0 spiro atoms. The van der Waals surface area contributed by atoms with Gasteiger partial charge in [-0.2, -0.15) is 0 Å². The maximum Gasteiger partial charge on any atom is 0.222 e. The highest BCUT2D eigenvalue weighted by atomic mass is 127. The molecule has 8 nitrogen and oxygen atoms in total. The fourth-order valence-corrected chi connectivity index (χ4v) is 8.81. The first-order valence-corrected chi connectivity index (χ1v) is 21.6. The molecule has 4 rings (SSSR count). The molecule has 2 unspecified atom stereocenters. The number of amides is 2. The lowest BCUT2D eigenvalue weighted by molar-refractivity contribution is -0.921. The van der Waals surface area contributed by atoms with Crippen LogP contribution in [0.3, 0.4) is 0 Å². The van der Waals surface area contributed by atoms with E-state index in [4.69, 9.17) is 9.47 Å². The maximum absolute atomic E-state index is 13.0. The Balaban J connectivity index is 0.00000541. The van der Waals surface area contributed by atoms with Crippen molar-refractivity contribution in [3.8, 4) is 11.5 Å². The van der Waals surface area contributed by atoms with Gasteiger partial charge in [0.2, 0.25) is 11.8 Å². The van der Waals surface area contributed by atoms with Crippen LogP contribution in [0.5, 0.6) is 11.5 Å². The standard InChI is InChI=1S/C46H76N4O4.2HI/c1-7-49(3,37-41-19-13-15-21-43(41)53-5)35-17-9-11-23-45(51)47-31-27-39(28-32-47)25-26-40-29-33-48(34-30-40)46(52)24-12-10-18-36-50(4,8-2)38-42-20-14-16-22-44(42)54-6;;/h13-16,19-22,39-40H,7-12,17-18,23-38H2,1-6H3;2*1H/q+2;;/p-2. The van der Waals surface area contributed by atoms with Crippen LogP contribution >= 0.6 is 0 Å². The first kappa shape index (κ1) is 50.5. The van der Waals surface area contributed by atoms with Gasteiger partial charge in [0.1, 0.15) is 24.6 Å². The van der Waals surface area contributed by atoms with Crippen LogP contribution in [-0.4, -0.2) is 111 Å². The van der Waals surface area contributed by atoms with E-state index in [1.807, 2.05) is 12.1 Å². The number of para-hydroxylation sites is 2. The van der Waals surface area contributed by atoms with Crippen LogP contribution in [0.1, 0.15) is 115 Å². The molecule has 0 N–H and O–H groups in total. The lowest BCUT2D eigenvalue weighted by atomic mass is 9.85. The molecular weight excluding hydrogens is 926 g/mol. The predicted molar refractivity (Wildman–Crippen MR) is 221 cm³/mol. The first-order valence-electron chi connectivity index (χ1n) is 21.6. The normalized spacial score (nSPS) is 17.2. The molecule has 2 aliphatic rings. The Morgan fingerprint density at radius 2 is 0.946 bits per heavy atom. The third-order valence-corrected chi connectivity index (χ3v) is 13.1. The molecule has 2 atom stereocenters. The van der Waals surface area contributed by atoms with Crippen molar-refractivity contribution in [1.82, 2.24) is 9.80 Å². The topological polar surface area (TPSA) is 59.1 Å². The molecule has 0 radical (unpaired) electrons. The quantitative estimate of drug-likeness (QED) is 0.0979. The number of hydrogen-bond acceptors (Lipinski definition) is 4. The molecule has 2 saturated heterocycles. The zero-order valence-electron chi connectivity index (χ0n) is 35.9. The molecule has 2 fully saturated rings. The molecule has 2 aromatic carbocycles. The van der Waals surface area contributed by atoms with Crippen molar-refractivity contribution in [2.45, 2.75) is 117 Å². The molecule has 2 amide bonds. The smallest absolute Gasteiger partial charge is 0.222 e. The second-order valence-corrected chi connectivity index (χ2v) is 17.1. The minimum atomic E-state index is 0. The SMILES string of the molecule is CC[N+](C)(CCCCCC(=O)N1CCC(CCC2CCN(C(=O)CCCCC[N+](C)(CC)Cc3ccccc3OC)CC2)CC1)Cc1ccccc1OC.[I-].[I-]. The molecule has 318 valence electrons. The van der Waals surface area contributed by atoms with Gasteiger partial charge in [0, 0.05) is 50.1 Å². The van der Waals surface area contributed by atoms with Gasteiger partial charge >= 0.3 is 0 Å². The summed E-state index contributed by atoms with van der Waals surface area (Å²) in [4.78, 5) is 30.3. The summed E-state index contributed by atoms with van der Waals surface area (Å²) in [5, 5.41) is 0. The van der Waals surface area contributed by atoms with E-state index in [-0.39, 0.29) is 48.0 Å². The van der Waals surface area contributed by atoms with Crippen LogP contribution in [0.4, 0.5) is 0 Å². The van der Waals surface area contributed by atoms with Crippen LogP contribution in [-0.2, 0) is 22.7 Å². The number of methoxy groups -OCH3 is 2. The Morgan fingerprint density at radius 1 is 0.589 bits per heavy atom. The Morgan fingerprint density at radius 3 is 1.29 bits per heavy atom. The fraction of sp³-hybridized carbons (Fsp3) is 0.696. The summed E-state index contributed by atoms with van der Waals surface area (Å²) in [6.45, 7) is 14.6. The van der Waals surface area contributed by atoms with Gasteiger partial charge in [-0.1, -0.05) is 37.1 Å². The van der Waals surface area contributed by atoms with Gasteiger partial charge in [-0.05, 0) is 114 Å². The number of carbonyl (C=O) groups is 2. The van der Waals surface area contributed by atoms with Crippen LogP contribution in [0, 0.1) is 11.8 Å². The highest BCUT2D eigenvalue weighted by Gasteiger charge is 2.27. The largest absolute Gasteiger partial charge is 1.00 e. The van der Waals surface area contributed by atoms with Crippen molar-refractivity contribution in [3.05, 3.63) is 59.7 Å². The molecule has 2 aliphatic heterocycles. The number of ether oxygens (including phenoxy) is 2. The minimum absolute atomic E-state index is 0. The van der Waals surface area contributed by atoms with Crippen LogP contribution < -0.4 is 57.4 Å². The Labute approximate surface area is 375 Å². The average Bonchev–Trinajstić information content (AvgIpc) is 3.20. The zero-order chi connectivity index (χ0) is 38.8. The third kappa shape index (κ3) is 16.5. The molecule has 2 aromatic rings. The number of piperidine rings is 2. The summed E-state index contributed by atoms with van der Waals surface area (Å²) < 4.78 is 13.2. The summed E-state index contributed by atoms with van der Waals surface area (Å²) in [5.74, 6) is 4.14. The van der Waals surface area contributed by atoms with Gasteiger partial charge in [-0.3, -0.25) is 9.59 Å². The fourth-order valence-electron chi connectivity index (χ4n) is 8.81. The third-order valence-electron chi connectivity index (χ3n) is 13.1. The van der Waals surface area contributed by atoms with Gasteiger partial charge in [0.15, 0.2) is 0 Å². The number of hydrogen-bond donors (Lipinski definition) is 0. The number of carbonyl (C=O) groups excluding carboxylic acids is 2. The molecule has 0 saturated carbocycles. The van der Waals surface area contributed by atoms with Crippen molar-refractivity contribution in [2.24, 2.45) is 11.8 Å². The van der Waals surface area contributed by atoms with E-state index in [0.29, 0.717) is 24.7 Å². The molecule has 0 bridgehead atoms. The summed E-state index contributed by atoms with van der Waals surface area (Å²) >= 11 is 0. The molecular formula is C46H76I2N4O4. The zero-order valence-corrected chi connectivity index (χ0v) is 40.2. The Kier molecular flexibility index (Phi) is 23.9. The number of halogens is 2. The summed E-state index contributed by atoms with van der Waals surface area (Å²) in [5.41, 5.74) is 2.54. The van der Waals surface area contributed by atoms with Crippen molar-refractivity contribution in [3.63, 3.8) is 0 Å². The second-order valence-electron chi connectivity index (χ2n) is 17.1. The number of rotatable bonds is 23. The van der Waals surface area contributed by atoms with Crippen LogP contribution in [0.25, 0.3) is 0 Å². The highest BCUT2D eigenvalue weighted by Crippen LogP contribution is 2.30. The van der Waals surface area contributed by atoms with E-state index in [1.165, 1.54) is 24.0 Å². The lowest BCUT2D eigenvalue weighted by Crippen LogP contribution is -3.00. The molecule has 0 aromatic heterocycles. The number of likely N-dealkylation sites (tertiary alicyclic amines) is 2. The number of unbranched alkanes of at least 4 members (excludes halogenated alkanes) is 4. The summed E-state index contributed by atoms with van der Waals surface area (Å²) in [6, 6.07) is 16.7. The summed E-state index contributed by atoms with van der Waals surface area (Å²) in [7, 11) is 8.18. The van der Waals surface area contributed by atoms with E-state index < -0.39 is 0 Å². The predicted octanol–water partition coefficient (Wildman–Crippen LogP) is 2.72. The minimum Gasteiger partial charge on any atom is -1.00 e. The van der Waals surface area contributed by atoms with Crippen LogP contribution in [0.2, 0.25) is 0 Å². The van der Waals surface area contributed by atoms with Gasteiger partial charge < -0.3 is 76.2 Å². The van der Waals surface area contributed by atoms with E-state index in [2.05, 4.69) is 74.1 Å². The van der Waals surface area contributed by atoms with Crippen LogP contribution in [0.15, 0.2) is 48.5 Å². The van der Waals surface area contributed by atoms with Crippen molar-refractivity contribution < 1.29 is 76.0 Å². The maximum atomic E-state index is 13.0. The van der Waals surface area contributed by atoms with Crippen molar-refractivity contribution in [2.75, 3.05) is 80.7 Å². The molecule has 56 heavy (non-hydrogen) atoms. The van der Waals surface area contributed by atoms with Crippen molar-refractivity contribution in [1.29, 1.82) is 0 Å². The van der Waals surface area contributed by atoms with Gasteiger partial charge in [-0.15, -0.1) is 0 Å². The Bertz CT molecular complexity index is 1310. The average molecular weight is 1000 g/mol. The molecule has 2 heterocycles. The Hall–Kier alpha value is -1.64. The second kappa shape index (κ2) is 26.5. The van der Waals surface area contributed by atoms with E-state index in [1.54, 1.807) is 14.2 Å². The number of nitrogens with zero attached hydrogens (tertiary/aromatic N) is 4. The lowest BCUT2D eigenvalue weighted by Gasteiger charge is -2.35. The molecule has 10 heteroatoms. The van der Waals surface area contributed by atoms with Gasteiger partial charge in [0.05, 0.1) is 54.5 Å². The number of quaternary nitrogens is 2. The van der Waals surface area contributed by atoms with Gasteiger partial charge in [-0.25, -0.2) is 0 Å². The number of benzene rings is 2. The van der Waals surface area contributed by atoms with E-state index in [9.17, 15) is 9.59 Å². The first-order chi connectivity index (χ1) is 26.1. The monoisotopic (exact) mass is 1000 g/mol. The van der Waals surface area contributed by atoms with Gasteiger partial charge in [0.25, 0.3) is 0 Å². The summed E-state index contributed by atoms with van der Waals surface area (Å²) in [6.07, 6.45) is 15.0. The van der Waals surface area contributed by atoms with E-state index >= 15 is 0 Å². The van der Waals surface area contributed by atoms with Crippen molar-refractivity contribution >= 4 is 11.8 Å². The highest BCUT2D eigenvalue weighted by molar-refractivity contribution is 5.76. The molecule has 0 aliphatic carbocycles. The van der Waals surface area contributed by atoms with E-state index in [0.717, 1.165) is 162 Å².